The lowest BCUT2D eigenvalue weighted by Gasteiger charge is -2.26. The van der Waals surface area contributed by atoms with Gasteiger partial charge in [0.05, 0.1) is 17.6 Å². The van der Waals surface area contributed by atoms with E-state index in [1.807, 2.05) is 24.3 Å². The van der Waals surface area contributed by atoms with Crippen LogP contribution in [0, 0.1) is 6.57 Å². The molecule has 0 N–H and O–H groups in total. The molecular formula is C47H29N3. The molecule has 0 bridgehead atoms. The smallest absolute Gasteiger partial charge is 0.187 e. The molecule has 0 aliphatic rings. The SMILES string of the molecule is [C-]#[N+]c1ccc(N(c2ccc3ccccc3c2)c2ccc3cc(-c4ccc5c6c4ccc4cccc(c46)n5-c4ccccc4)ccc3c2)cc1. The Kier molecular flexibility index (Phi) is 6.24. The van der Waals surface area contributed by atoms with Crippen molar-refractivity contribution in [2.45, 2.75) is 0 Å². The minimum atomic E-state index is 0.631. The highest BCUT2D eigenvalue weighted by atomic mass is 15.1. The van der Waals surface area contributed by atoms with Crippen molar-refractivity contribution in [2.75, 3.05) is 4.90 Å². The fourth-order valence-corrected chi connectivity index (χ4v) is 7.77. The molecule has 0 aliphatic carbocycles. The lowest BCUT2D eigenvalue weighted by Crippen LogP contribution is -2.09. The number of para-hydroxylation sites is 1. The van der Waals surface area contributed by atoms with Crippen LogP contribution < -0.4 is 4.90 Å². The van der Waals surface area contributed by atoms with Gasteiger partial charge >= 0.3 is 0 Å². The van der Waals surface area contributed by atoms with E-state index in [1.54, 1.807) is 0 Å². The molecule has 0 unspecified atom stereocenters. The summed E-state index contributed by atoms with van der Waals surface area (Å²) in [7, 11) is 0. The quantitative estimate of drug-likeness (QED) is 0.135. The summed E-state index contributed by atoms with van der Waals surface area (Å²) in [5, 5.41) is 9.90. The zero-order chi connectivity index (χ0) is 33.2. The van der Waals surface area contributed by atoms with Gasteiger partial charge in [-0.05, 0) is 110 Å². The first-order valence-corrected chi connectivity index (χ1v) is 16.9. The molecule has 0 aliphatic heterocycles. The average molecular weight is 636 g/mol. The van der Waals surface area contributed by atoms with E-state index in [0.717, 1.165) is 17.1 Å². The zero-order valence-corrected chi connectivity index (χ0v) is 27.1. The third-order valence-corrected chi connectivity index (χ3v) is 10.1. The summed E-state index contributed by atoms with van der Waals surface area (Å²) in [6, 6.07) is 62.8. The van der Waals surface area contributed by atoms with Gasteiger partial charge in [0.25, 0.3) is 0 Å². The minimum Gasteiger partial charge on any atom is -0.311 e. The molecule has 1 heterocycles. The molecule has 0 atom stereocenters. The maximum Gasteiger partial charge on any atom is 0.187 e. The van der Waals surface area contributed by atoms with E-state index in [2.05, 4.69) is 166 Å². The zero-order valence-electron chi connectivity index (χ0n) is 27.1. The molecule has 232 valence electrons. The summed E-state index contributed by atoms with van der Waals surface area (Å²) >= 11 is 0. The van der Waals surface area contributed by atoms with E-state index >= 15 is 0 Å². The van der Waals surface area contributed by atoms with E-state index in [4.69, 9.17) is 6.57 Å². The molecule has 10 rings (SSSR count). The van der Waals surface area contributed by atoms with Gasteiger partial charge in [0.1, 0.15) is 0 Å². The average Bonchev–Trinajstić information content (AvgIpc) is 3.53. The van der Waals surface area contributed by atoms with E-state index in [9.17, 15) is 0 Å². The second-order valence-corrected chi connectivity index (χ2v) is 12.9. The number of benzene rings is 9. The van der Waals surface area contributed by atoms with Crippen molar-refractivity contribution in [3.8, 4) is 16.8 Å². The van der Waals surface area contributed by atoms with E-state index in [0.29, 0.717) is 5.69 Å². The number of rotatable bonds is 5. The highest BCUT2D eigenvalue weighted by Crippen LogP contribution is 2.43. The Morgan fingerprint density at radius 3 is 1.86 bits per heavy atom. The Balaban J connectivity index is 1.11. The van der Waals surface area contributed by atoms with Crippen molar-refractivity contribution in [3.63, 3.8) is 0 Å². The summed E-state index contributed by atoms with van der Waals surface area (Å²) in [4.78, 5) is 5.89. The number of hydrogen-bond donors (Lipinski definition) is 0. The minimum absolute atomic E-state index is 0.631. The summed E-state index contributed by atoms with van der Waals surface area (Å²) in [5.74, 6) is 0. The lowest BCUT2D eigenvalue weighted by molar-refractivity contribution is 1.18. The highest BCUT2D eigenvalue weighted by Gasteiger charge is 2.19. The summed E-state index contributed by atoms with van der Waals surface area (Å²) < 4.78 is 2.40. The second kappa shape index (κ2) is 11.1. The number of aromatic nitrogens is 1. The number of hydrogen-bond acceptors (Lipinski definition) is 1. The van der Waals surface area contributed by atoms with Gasteiger partial charge in [-0.25, -0.2) is 4.85 Å². The third-order valence-electron chi connectivity index (χ3n) is 10.1. The van der Waals surface area contributed by atoms with Crippen molar-refractivity contribution >= 4 is 76.9 Å². The topological polar surface area (TPSA) is 12.5 Å². The van der Waals surface area contributed by atoms with Gasteiger partial charge in [-0.2, -0.15) is 0 Å². The van der Waals surface area contributed by atoms with Gasteiger partial charge in [-0.3, -0.25) is 0 Å². The molecule has 3 nitrogen and oxygen atoms in total. The normalized spacial score (nSPS) is 11.6. The van der Waals surface area contributed by atoms with Gasteiger partial charge in [0.2, 0.25) is 0 Å². The first-order chi connectivity index (χ1) is 24.7. The first kappa shape index (κ1) is 28.2. The molecule has 0 saturated carbocycles. The van der Waals surface area contributed by atoms with Crippen LogP contribution in [0.1, 0.15) is 0 Å². The largest absolute Gasteiger partial charge is 0.311 e. The molecule has 1 aromatic heterocycles. The first-order valence-electron chi connectivity index (χ1n) is 16.9. The Labute approximate surface area is 289 Å². The molecule has 10 aromatic rings. The van der Waals surface area contributed by atoms with Gasteiger partial charge in [-0.1, -0.05) is 109 Å². The van der Waals surface area contributed by atoms with Gasteiger partial charge in [0.15, 0.2) is 5.69 Å². The molecule has 0 fully saturated rings. The van der Waals surface area contributed by atoms with E-state index in [1.165, 1.54) is 70.9 Å². The summed E-state index contributed by atoms with van der Waals surface area (Å²) in [5.41, 5.74) is 9.85. The van der Waals surface area contributed by atoms with Gasteiger partial charge in [-0.15, -0.1) is 0 Å². The van der Waals surface area contributed by atoms with Gasteiger partial charge in [0, 0.05) is 33.5 Å². The Morgan fingerprint density at radius 2 is 1.06 bits per heavy atom. The predicted octanol–water partition coefficient (Wildman–Crippen LogP) is 13.4. The van der Waals surface area contributed by atoms with Crippen LogP contribution in [0.25, 0.3) is 75.8 Å². The van der Waals surface area contributed by atoms with Crippen molar-refractivity contribution in [1.82, 2.24) is 4.57 Å². The standard InChI is InChI=1S/C47H29N3/c1-48-37-19-23-39(24-20-37)49(40-21-16-31-8-5-6-9-33(31)29-40)41-22-17-34-28-36(15-14-35(34)30-41)42-26-27-45-47-43(42)25-18-32-10-7-13-44(46(32)47)50(45)38-11-3-2-4-12-38/h2-30H. The number of anilines is 3. The molecular weight excluding hydrogens is 607 g/mol. The third kappa shape index (κ3) is 4.36. The number of nitrogens with zero attached hydrogens (tertiary/aromatic N) is 3. The van der Waals surface area contributed by atoms with Crippen molar-refractivity contribution < 1.29 is 0 Å². The molecule has 0 radical (unpaired) electrons. The van der Waals surface area contributed by atoms with Crippen LogP contribution >= 0.6 is 0 Å². The van der Waals surface area contributed by atoms with Crippen LogP contribution in [-0.2, 0) is 0 Å². The fourth-order valence-electron chi connectivity index (χ4n) is 7.77. The number of fused-ring (bicyclic) bond motifs is 2. The van der Waals surface area contributed by atoms with Crippen LogP contribution in [-0.4, -0.2) is 4.57 Å². The van der Waals surface area contributed by atoms with Crippen LogP contribution in [0.15, 0.2) is 176 Å². The van der Waals surface area contributed by atoms with E-state index in [-0.39, 0.29) is 0 Å². The molecule has 9 aromatic carbocycles. The monoisotopic (exact) mass is 635 g/mol. The molecule has 3 heteroatoms. The van der Waals surface area contributed by atoms with Crippen LogP contribution in [0.2, 0.25) is 0 Å². The molecule has 0 spiro atoms. The van der Waals surface area contributed by atoms with Gasteiger partial charge < -0.3 is 9.47 Å². The predicted molar refractivity (Wildman–Crippen MR) is 211 cm³/mol. The highest BCUT2D eigenvalue weighted by molar-refractivity contribution is 6.26. The maximum atomic E-state index is 7.46. The van der Waals surface area contributed by atoms with Crippen molar-refractivity contribution in [2.24, 2.45) is 0 Å². The van der Waals surface area contributed by atoms with Crippen LogP contribution in [0.3, 0.4) is 0 Å². The van der Waals surface area contributed by atoms with Crippen molar-refractivity contribution in [1.29, 1.82) is 0 Å². The van der Waals surface area contributed by atoms with E-state index < -0.39 is 0 Å². The summed E-state index contributed by atoms with van der Waals surface area (Å²) in [6.07, 6.45) is 0. The lowest BCUT2D eigenvalue weighted by atomic mass is 9.93. The van der Waals surface area contributed by atoms with Crippen LogP contribution in [0.4, 0.5) is 22.7 Å². The van der Waals surface area contributed by atoms with Crippen LogP contribution in [0.5, 0.6) is 0 Å². The Bertz CT molecular complexity index is 2930. The second-order valence-electron chi connectivity index (χ2n) is 12.9. The fraction of sp³-hybridized carbons (Fsp3) is 0. The molecule has 0 amide bonds. The Morgan fingerprint density at radius 1 is 0.440 bits per heavy atom. The Hall–Kier alpha value is -6.89. The van der Waals surface area contributed by atoms with Crippen molar-refractivity contribution in [3.05, 3.63) is 187 Å². The molecule has 50 heavy (non-hydrogen) atoms. The molecule has 0 saturated heterocycles. The maximum absolute atomic E-state index is 7.46. The summed E-state index contributed by atoms with van der Waals surface area (Å²) in [6.45, 7) is 7.46.